The average molecular weight is 491 g/mol. The van der Waals surface area contributed by atoms with Gasteiger partial charge in [0.15, 0.2) is 0 Å². The predicted octanol–water partition coefficient (Wildman–Crippen LogP) is 5.58. The minimum absolute atomic E-state index is 0.0738. The lowest BCUT2D eigenvalue weighted by atomic mass is 10.1. The zero-order chi connectivity index (χ0) is 24.5. The van der Waals surface area contributed by atoms with Crippen LogP contribution in [-0.2, 0) is 6.54 Å². The van der Waals surface area contributed by atoms with E-state index in [9.17, 15) is 14.0 Å². The number of benzene rings is 2. The molecule has 1 aliphatic heterocycles. The number of piperazine rings is 1. The number of amides is 3. The van der Waals surface area contributed by atoms with Crippen LogP contribution in [0.2, 0.25) is 0 Å². The molecule has 5 rings (SSSR count). The molecule has 0 spiro atoms. The lowest BCUT2D eigenvalue weighted by Crippen LogP contribution is -2.56. The standard InChI is InChI=1S/C27H27FN4O2S/c1-18-6-8-23(9-7-18)29-27(34)31-12-11-30(16-19(31)2)25(33)24-15-21-10-13-35-26(21)32(24)17-20-4-3-5-22(28)14-20/h3-10,13-15,19H,11-12,16-17H2,1-2H3,(H,29,34). The minimum Gasteiger partial charge on any atom is -0.334 e. The Morgan fingerprint density at radius 1 is 1.09 bits per heavy atom. The largest absolute Gasteiger partial charge is 0.334 e. The number of urea groups is 1. The minimum atomic E-state index is -0.293. The molecule has 2 aromatic carbocycles. The molecule has 0 radical (unpaired) electrons. The summed E-state index contributed by atoms with van der Waals surface area (Å²) >= 11 is 1.57. The van der Waals surface area contributed by atoms with E-state index in [1.165, 1.54) is 12.1 Å². The number of nitrogens with one attached hydrogen (secondary N) is 1. The highest BCUT2D eigenvalue weighted by Gasteiger charge is 2.32. The molecule has 2 aromatic heterocycles. The molecule has 1 aliphatic rings. The van der Waals surface area contributed by atoms with Gasteiger partial charge in [-0.15, -0.1) is 11.3 Å². The predicted molar refractivity (Wildman–Crippen MR) is 138 cm³/mol. The maximum absolute atomic E-state index is 13.8. The Morgan fingerprint density at radius 3 is 2.63 bits per heavy atom. The van der Waals surface area contributed by atoms with Gasteiger partial charge in [0, 0.05) is 43.3 Å². The van der Waals surface area contributed by atoms with Crippen LogP contribution >= 0.6 is 11.3 Å². The fourth-order valence-corrected chi connectivity index (χ4v) is 5.46. The van der Waals surface area contributed by atoms with E-state index in [2.05, 4.69) is 5.32 Å². The quantitative estimate of drug-likeness (QED) is 0.406. The monoisotopic (exact) mass is 490 g/mol. The van der Waals surface area contributed by atoms with Gasteiger partial charge in [0.25, 0.3) is 5.91 Å². The number of aromatic nitrogens is 1. The van der Waals surface area contributed by atoms with Gasteiger partial charge in [0.05, 0.1) is 0 Å². The van der Waals surface area contributed by atoms with Gasteiger partial charge in [-0.1, -0.05) is 29.8 Å². The third-order valence-electron chi connectivity index (χ3n) is 6.43. The number of thiophene rings is 1. The fraction of sp³-hybridized carbons (Fsp3) is 0.259. The molecule has 3 heterocycles. The zero-order valence-electron chi connectivity index (χ0n) is 19.7. The molecular formula is C27H27FN4O2S. The van der Waals surface area contributed by atoms with Crippen LogP contribution in [-0.4, -0.2) is 52.0 Å². The molecular weight excluding hydrogens is 463 g/mol. The number of halogens is 1. The first-order valence-corrected chi connectivity index (χ1v) is 12.5. The van der Waals surface area contributed by atoms with E-state index in [0.29, 0.717) is 31.9 Å². The van der Waals surface area contributed by atoms with E-state index in [0.717, 1.165) is 27.0 Å². The Hall–Kier alpha value is -3.65. The molecule has 6 nitrogen and oxygen atoms in total. The number of hydrogen-bond donors (Lipinski definition) is 1. The van der Waals surface area contributed by atoms with E-state index in [4.69, 9.17) is 0 Å². The number of aryl methyl sites for hydroxylation is 1. The summed E-state index contributed by atoms with van der Waals surface area (Å²) in [6, 6.07) is 17.8. The van der Waals surface area contributed by atoms with Crippen LogP contribution in [0.1, 0.15) is 28.5 Å². The Kier molecular flexibility index (Phi) is 6.30. The summed E-state index contributed by atoms with van der Waals surface area (Å²) in [5, 5.41) is 5.94. The van der Waals surface area contributed by atoms with E-state index in [1.807, 2.05) is 66.3 Å². The maximum atomic E-state index is 13.8. The van der Waals surface area contributed by atoms with Gasteiger partial charge in [0.1, 0.15) is 16.3 Å². The van der Waals surface area contributed by atoms with E-state index in [1.54, 1.807) is 27.2 Å². The SMILES string of the molecule is Cc1ccc(NC(=O)N2CCN(C(=O)c3cc4ccsc4n3Cc3cccc(F)c3)CC2C)cc1. The Labute approximate surface area is 207 Å². The van der Waals surface area contributed by atoms with Gasteiger partial charge in [0.2, 0.25) is 0 Å². The summed E-state index contributed by atoms with van der Waals surface area (Å²) in [6.07, 6.45) is 0. The summed E-state index contributed by atoms with van der Waals surface area (Å²) in [5.41, 5.74) is 3.27. The van der Waals surface area contributed by atoms with Crippen molar-refractivity contribution in [1.29, 1.82) is 0 Å². The van der Waals surface area contributed by atoms with Crippen LogP contribution in [0, 0.1) is 12.7 Å². The summed E-state index contributed by atoms with van der Waals surface area (Å²) in [4.78, 5) is 31.0. The summed E-state index contributed by atoms with van der Waals surface area (Å²) in [7, 11) is 0. The molecule has 8 heteroatoms. The highest BCUT2D eigenvalue weighted by molar-refractivity contribution is 7.16. The van der Waals surface area contributed by atoms with Crippen molar-refractivity contribution in [3.05, 3.63) is 88.7 Å². The lowest BCUT2D eigenvalue weighted by molar-refractivity contribution is 0.0583. The molecule has 1 saturated heterocycles. The van der Waals surface area contributed by atoms with Gasteiger partial charge in [-0.05, 0) is 61.2 Å². The van der Waals surface area contributed by atoms with Crippen LogP contribution in [0.15, 0.2) is 66.0 Å². The second-order valence-corrected chi connectivity index (χ2v) is 9.91. The second kappa shape index (κ2) is 9.54. The van der Waals surface area contributed by atoms with Crippen LogP contribution in [0.5, 0.6) is 0 Å². The normalized spacial score (nSPS) is 16.0. The van der Waals surface area contributed by atoms with Gasteiger partial charge in [-0.25, -0.2) is 9.18 Å². The fourth-order valence-electron chi connectivity index (χ4n) is 4.57. The number of rotatable bonds is 4. The van der Waals surface area contributed by atoms with Gasteiger partial charge in [-0.2, -0.15) is 0 Å². The molecule has 1 N–H and O–H groups in total. The molecule has 1 unspecified atom stereocenters. The van der Waals surface area contributed by atoms with E-state index < -0.39 is 0 Å². The van der Waals surface area contributed by atoms with Crippen molar-refractivity contribution in [2.75, 3.05) is 25.0 Å². The van der Waals surface area contributed by atoms with Crippen LogP contribution in [0.3, 0.4) is 0 Å². The van der Waals surface area contributed by atoms with Crippen molar-refractivity contribution in [3.63, 3.8) is 0 Å². The first-order valence-electron chi connectivity index (χ1n) is 11.6. The number of fused-ring (bicyclic) bond motifs is 1. The Bertz CT molecular complexity index is 1380. The van der Waals surface area contributed by atoms with Crippen LogP contribution < -0.4 is 5.32 Å². The third-order valence-corrected chi connectivity index (χ3v) is 7.38. The summed E-state index contributed by atoms with van der Waals surface area (Å²) in [6.45, 7) is 5.71. The first-order chi connectivity index (χ1) is 16.9. The number of anilines is 1. The van der Waals surface area contributed by atoms with Crippen LogP contribution in [0.4, 0.5) is 14.9 Å². The highest BCUT2D eigenvalue weighted by Crippen LogP contribution is 2.28. The topological polar surface area (TPSA) is 57.6 Å². The maximum Gasteiger partial charge on any atom is 0.322 e. The highest BCUT2D eigenvalue weighted by atomic mass is 32.1. The molecule has 4 aromatic rings. The smallest absolute Gasteiger partial charge is 0.322 e. The van der Waals surface area contributed by atoms with E-state index >= 15 is 0 Å². The summed E-state index contributed by atoms with van der Waals surface area (Å²) < 4.78 is 15.8. The number of carbonyl (C=O) groups excluding carboxylic acids is 2. The van der Waals surface area contributed by atoms with Crippen molar-refractivity contribution >= 4 is 39.2 Å². The molecule has 0 bridgehead atoms. The van der Waals surface area contributed by atoms with Gasteiger partial charge >= 0.3 is 6.03 Å². The first kappa shape index (κ1) is 23.1. The van der Waals surface area contributed by atoms with Crippen LogP contribution in [0.25, 0.3) is 10.2 Å². The van der Waals surface area contributed by atoms with Gasteiger partial charge in [-0.3, -0.25) is 4.79 Å². The van der Waals surface area contributed by atoms with Crippen molar-refractivity contribution in [3.8, 4) is 0 Å². The molecule has 0 saturated carbocycles. The van der Waals surface area contributed by atoms with Gasteiger partial charge < -0.3 is 19.7 Å². The van der Waals surface area contributed by atoms with Crippen molar-refractivity contribution in [2.45, 2.75) is 26.4 Å². The number of hydrogen-bond acceptors (Lipinski definition) is 3. The Morgan fingerprint density at radius 2 is 1.89 bits per heavy atom. The van der Waals surface area contributed by atoms with Crippen molar-refractivity contribution in [2.24, 2.45) is 0 Å². The summed E-state index contributed by atoms with van der Waals surface area (Å²) in [5.74, 6) is -0.367. The average Bonchev–Trinajstić information content (AvgIpc) is 3.43. The number of nitrogens with zero attached hydrogens (tertiary/aromatic N) is 3. The Balaban J connectivity index is 1.31. The van der Waals surface area contributed by atoms with Crippen molar-refractivity contribution < 1.29 is 14.0 Å². The van der Waals surface area contributed by atoms with E-state index in [-0.39, 0.29) is 23.8 Å². The molecule has 1 fully saturated rings. The molecule has 35 heavy (non-hydrogen) atoms. The molecule has 1 atom stereocenters. The zero-order valence-corrected chi connectivity index (χ0v) is 20.5. The molecule has 0 aliphatic carbocycles. The number of carbonyl (C=O) groups is 2. The second-order valence-electron chi connectivity index (χ2n) is 9.02. The van der Waals surface area contributed by atoms with Crippen molar-refractivity contribution in [1.82, 2.24) is 14.4 Å². The molecule has 180 valence electrons. The lowest BCUT2D eigenvalue weighted by Gasteiger charge is -2.39. The third kappa shape index (κ3) is 4.79. The molecule has 3 amide bonds.